The molecule has 2 aromatic rings. The predicted octanol–water partition coefficient (Wildman–Crippen LogP) is 3.62. The molecule has 0 spiro atoms. The van der Waals surface area contributed by atoms with Crippen LogP contribution < -0.4 is 5.32 Å². The Morgan fingerprint density at radius 2 is 2.16 bits per heavy atom. The summed E-state index contributed by atoms with van der Waals surface area (Å²) in [5.74, 6) is -0.481. The summed E-state index contributed by atoms with van der Waals surface area (Å²) in [6.45, 7) is 0. The van der Waals surface area contributed by atoms with Gasteiger partial charge in [-0.3, -0.25) is 9.59 Å². The van der Waals surface area contributed by atoms with E-state index >= 15 is 0 Å². The van der Waals surface area contributed by atoms with Crippen molar-refractivity contribution >= 4 is 45.9 Å². The van der Waals surface area contributed by atoms with Crippen LogP contribution in [0.1, 0.15) is 15.9 Å². The Kier molecular flexibility index (Phi) is 2.97. The number of carbonyl (C=O) groups excluding carboxylic acids is 2. The summed E-state index contributed by atoms with van der Waals surface area (Å²) in [5, 5.41) is 6.73. The van der Waals surface area contributed by atoms with Crippen molar-refractivity contribution < 1.29 is 9.59 Å². The van der Waals surface area contributed by atoms with Gasteiger partial charge in [0, 0.05) is 16.5 Å². The van der Waals surface area contributed by atoms with Gasteiger partial charge in [0.05, 0.1) is 16.3 Å². The van der Waals surface area contributed by atoms with E-state index in [1.165, 1.54) is 17.4 Å². The molecule has 1 aliphatic rings. The highest BCUT2D eigenvalue weighted by Gasteiger charge is 2.26. The Labute approximate surface area is 118 Å². The highest BCUT2D eigenvalue weighted by Crippen LogP contribution is 2.37. The Morgan fingerprint density at radius 1 is 1.32 bits per heavy atom. The van der Waals surface area contributed by atoms with Crippen molar-refractivity contribution in [1.82, 2.24) is 0 Å². The zero-order valence-electron chi connectivity index (χ0n) is 9.64. The van der Waals surface area contributed by atoms with Crippen LogP contribution in [0, 0.1) is 0 Å². The average molecular weight is 290 g/mol. The first-order valence-electron chi connectivity index (χ1n) is 5.55. The van der Waals surface area contributed by atoms with Crippen LogP contribution in [0.2, 0.25) is 5.02 Å². The fraction of sp³-hybridized carbons (Fsp3) is 0. The number of hydrogen-bond donors (Lipinski definition) is 1. The van der Waals surface area contributed by atoms with Crippen molar-refractivity contribution in [3.8, 4) is 0 Å². The quantitative estimate of drug-likeness (QED) is 0.678. The molecule has 0 saturated carbocycles. The zero-order chi connectivity index (χ0) is 13.4. The molecule has 0 fully saturated rings. The Morgan fingerprint density at radius 3 is 2.89 bits per heavy atom. The van der Waals surface area contributed by atoms with Crippen molar-refractivity contribution in [3.63, 3.8) is 0 Å². The number of thiophene rings is 1. The lowest BCUT2D eigenvalue weighted by molar-refractivity contribution is -0.110. The largest absolute Gasteiger partial charge is 0.320 e. The molecule has 94 valence electrons. The summed E-state index contributed by atoms with van der Waals surface area (Å²) in [5.41, 5.74) is 2.18. The zero-order valence-corrected chi connectivity index (χ0v) is 11.2. The minimum Gasteiger partial charge on any atom is -0.320 e. The summed E-state index contributed by atoms with van der Waals surface area (Å²) >= 11 is 7.45. The SMILES string of the molecule is O=C1Nc2c(Cl)cccc2/C1=C/C(=O)c1ccsc1. The third-order valence-electron chi connectivity index (χ3n) is 2.87. The average Bonchev–Trinajstić information content (AvgIpc) is 3.00. The second-order valence-corrected chi connectivity index (χ2v) is 5.24. The monoisotopic (exact) mass is 289 g/mol. The third kappa shape index (κ3) is 2.09. The van der Waals surface area contributed by atoms with E-state index in [4.69, 9.17) is 11.6 Å². The van der Waals surface area contributed by atoms with Crippen molar-refractivity contribution in [2.75, 3.05) is 5.32 Å². The maximum absolute atomic E-state index is 12.0. The Bertz CT molecular complexity index is 704. The van der Waals surface area contributed by atoms with Gasteiger partial charge in [0.2, 0.25) is 0 Å². The number of benzene rings is 1. The molecular weight excluding hydrogens is 282 g/mol. The number of rotatable bonds is 2. The number of ketones is 1. The third-order valence-corrected chi connectivity index (χ3v) is 3.87. The van der Waals surface area contributed by atoms with Crippen molar-refractivity contribution in [2.24, 2.45) is 0 Å². The van der Waals surface area contributed by atoms with Gasteiger partial charge >= 0.3 is 0 Å². The molecule has 2 heterocycles. The summed E-state index contributed by atoms with van der Waals surface area (Å²) in [7, 11) is 0. The van der Waals surface area contributed by atoms with Gasteiger partial charge < -0.3 is 5.32 Å². The molecule has 0 aliphatic carbocycles. The molecule has 1 aromatic carbocycles. The summed E-state index contributed by atoms with van der Waals surface area (Å²) in [6, 6.07) is 6.95. The van der Waals surface area contributed by atoms with Gasteiger partial charge in [-0.25, -0.2) is 0 Å². The Hall–Kier alpha value is -1.91. The van der Waals surface area contributed by atoms with Gasteiger partial charge in [0.1, 0.15) is 0 Å². The van der Waals surface area contributed by atoms with E-state index < -0.39 is 0 Å². The van der Waals surface area contributed by atoms with Gasteiger partial charge in [0.25, 0.3) is 5.91 Å². The van der Waals surface area contributed by atoms with E-state index in [2.05, 4.69) is 5.32 Å². The number of amides is 1. The molecule has 0 bridgehead atoms. The van der Waals surface area contributed by atoms with E-state index in [1.54, 1.807) is 29.6 Å². The fourth-order valence-electron chi connectivity index (χ4n) is 1.94. The van der Waals surface area contributed by atoms with Gasteiger partial charge in [-0.1, -0.05) is 23.7 Å². The lowest BCUT2D eigenvalue weighted by Crippen LogP contribution is -2.05. The van der Waals surface area contributed by atoms with E-state index in [0.717, 1.165) is 0 Å². The van der Waals surface area contributed by atoms with Crippen LogP contribution in [0.5, 0.6) is 0 Å². The van der Waals surface area contributed by atoms with Crippen LogP contribution in [0.4, 0.5) is 5.69 Å². The summed E-state index contributed by atoms with van der Waals surface area (Å²) in [6.07, 6.45) is 1.36. The minimum absolute atomic E-state index is 0.181. The molecule has 3 rings (SSSR count). The van der Waals surface area contributed by atoms with Crippen molar-refractivity contribution in [1.29, 1.82) is 0 Å². The highest BCUT2D eigenvalue weighted by atomic mass is 35.5. The predicted molar refractivity (Wildman–Crippen MR) is 76.7 cm³/mol. The summed E-state index contributed by atoms with van der Waals surface area (Å²) < 4.78 is 0. The van der Waals surface area contributed by atoms with Crippen molar-refractivity contribution in [3.05, 3.63) is 57.3 Å². The first kappa shape index (κ1) is 12.1. The highest BCUT2D eigenvalue weighted by molar-refractivity contribution is 7.08. The second-order valence-electron chi connectivity index (χ2n) is 4.05. The van der Waals surface area contributed by atoms with Gasteiger partial charge in [-0.2, -0.15) is 11.3 Å². The molecule has 0 unspecified atom stereocenters. The number of anilines is 1. The molecule has 0 atom stereocenters. The van der Waals surface area contributed by atoms with E-state index in [0.29, 0.717) is 27.4 Å². The lowest BCUT2D eigenvalue weighted by Gasteiger charge is -1.99. The topological polar surface area (TPSA) is 46.2 Å². The van der Waals surface area contributed by atoms with Gasteiger partial charge in [-0.15, -0.1) is 0 Å². The van der Waals surface area contributed by atoms with Crippen LogP contribution in [0.3, 0.4) is 0 Å². The first-order chi connectivity index (χ1) is 9.16. The molecule has 5 heteroatoms. The number of hydrogen-bond acceptors (Lipinski definition) is 3. The van der Waals surface area contributed by atoms with Gasteiger partial charge in [0.15, 0.2) is 5.78 Å². The van der Waals surface area contributed by atoms with Crippen molar-refractivity contribution in [2.45, 2.75) is 0 Å². The molecular formula is C14H8ClNO2S. The molecule has 0 radical (unpaired) electrons. The molecule has 1 aliphatic heterocycles. The van der Waals surface area contributed by atoms with Crippen LogP contribution in [0.25, 0.3) is 5.57 Å². The summed E-state index contributed by atoms with van der Waals surface area (Å²) in [4.78, 5) is 23.9. The maximum Gasteiger partial charge on any atom is 0.256 e. The molecule has 0 saturated heterocycles. The normalized spacial score (nSPS) is 15.4. The smallest absolute Gasteiger partial charge is 0.256 e. The number of allylic oxidation sites excluding steroid dienone is 1. The number of nitrogens with one attached hydrogen (secondary N) is 1. The Balaban J connectivity index is 2.05. The van der Waals surface area contributed by atoms with E-state index in [9.17, 15) is 9.59 Å². The molecule has 1 aromatic heterocycles. The lowest BCUT2D eigenvalue weighted by atomic mass is 10.0. The fourth-order valence-corrected chi connectivity index (χ4v) is 2.81. The van der Waals surface area contributed by atoms with Gasteiger partial charge in [-0.05, 0) is 23.6 Å². The molecule has 1 amide bonds. The molecule has 19 heavy (non-hydrogen) atoms. The number of halogens is 1. The molecule has 1 N–H and O–H groups in total. The molecule has 3 nitrogen and oxygen atoms in total. The van der Waals surface area contributed by atoms with E-state index in [1.807, 2.05) is 5.38 Å². The minimum atomic E-state index is -0.299. The standard InChI is InChI=1S/C14H8ClNO2S/c15-11-3-1-2-9-10(14(18)16-13(9)11)6-12(17)8-4-5-19-7-8/h1-7H,(H,16,18)/b10-6-. The second kappa shape index (κ2) is 4.64. The number of para-hydroxylation sites is 1. The van der Waals surface area contributed by atoms with Crippen LogP contribution in [-0.4, -0.2) is 11.7 Å². The van der Waals surface area contributed by atoms with E-state index in [-0.39, 0.29) is 11.7 Å². The first-order valence-corrected chi connectivity index (χ1v) is 6.87. The van der Waals surface area contributed by atoms with Crippen LogP contribution in [0.15, 0.2) is 41.1 Å². The maximum atomic E-state index is 12.0. The number of fused-ring (bicyclic) bond motifs is 1. The number of carbonyl (C=O) groups is 2. The van der Waals surface area contributed by atoms with Crippen LogP contribution >= 0.6 is 22.9 Å². The van der Waals surface area contributed by atoms with Crippen LogP contribution in [-0.2, 0) is 4.79 Å².